The van der Waals surface area contributed by atoms with Crippen molar-refractivity contribution in [3.8, 4) is 5.75 Å². The number of rotatable bonds is 3. The van der Waals surface area contributed by atoms with Crippen molar-refractivity contribution in [2.24, 2.45) is 0 Å². The Morgan fingerprint density at radius 1 is 0.938 bits per heavy atom. The zero-order chi connectivity index (χ0) is 11.4. The van der Waals surface area contributed by atoms with Crippen LogP contribution in [0.15, 0.2) is 54.6 Å². The molecular formula is C14H13BrO. The minimum absolute atomic E-state index is 0.212. The van der Waals surface area contributed by atoms with Gasteiger partial charge >= 0.3 is 0 Å². The monoisotopic (exact) mass is 276 g/mol. The van der Waals surface area contributed by atoms with Gasteiger partial charge in [0.05, 0.1) is 11.9 Å². The SMILES string of the molecule is COc1cccc(C(Br)c2ccccc2)c1. The summed E-state index contributed by atoms with van der Waals surface area (Å²) in [6.07, 6.45) is 0. The van der Waals surface area contributed by atoms with Crippen LogP contribution >= 0.6 is 15.9 Å². The first-order valence-corrected chi connectivity index (χ1v) is 6.06. The van der Waals surface area contributed by atoms with Crippen LogP contribution in [0.5, 0.6) is 5.75 Å². The largest absolute Gasteiger partial charge is 0.497 e. The van der Waals surface area contributed by atoms with Gasteiger partial charge in [0.2, 0.25) is 0 Å². The minimum atomic E-state index is 0.212. The summed E-state index contributed by atoms with van der Waals surface area (Å²) in [5.41, 5.74) is 2.45. The summed E-state index contributed by atoms with van der Waals surface area (Å²) in [5, 5.41) is 0. The number of alkyl halides is 1. The Hall–Kier alpha value is -1.28. The first-order valence-electron chi connectivity index (χ1n) is 5.14. The predicted molar refractivity (Wildman–Crippen MR) is 70.2 cm³/mol. The van der Waals surface area contributed by atoms with E-state index < -0.39 is 0 Å². The Kier molecular flexibility index (Phi) is 3.62. The van der Waals surface area contributed by atoms with Gasteiger partial charge in [-0.25, -0.2) is 0 Å². The molecule has 1 nitrogen and oxygen atoms in total. The highest BCUT2D eigenvalue weighted by atomic mass is 79.9. The minimum Gasteiger partial charge on any atom is -0.497 e. The maximum absolute atomic E-state index is 5.22. The van der Waals surface area contributed by atoms with Crippen molar-refractivity contribution in [2.45, 2.75) is 4.83 Å². The second-order valence-electron chi connectivity index (χ2n) is 3.55. The van der Waals surface area contributed by atoms with Crippen molar-refractivity contribution in [1.29, 1.82) is 0 Å². The summed E-state index contributed by atoms with van der Waals surface area (Å²) in [6.45, 7) is 0. The topological polar surface area (TPSA) is 9.23 Å². The molecule has 0 aliphatic carbocycles. The van der Waals surface area contributed by atoms with Crippen molar-refractivity contribution >= 4 is 15.9 Å². The molecule has 1 unspecified atom stereocenters. The molecule has 0 saturated carbocycles. The van der Waals surface area contributed by atoms with Gasteiger partial charge < -0.3 is 4.74 Å². The summed E-state index contributed by atoms with van der Waals surface area (Å²) in [6, 6.07) is 18.4. The van der Waals surface area contributed by atoms with Gasteiger partial charge in [-0.2, -0.15) is 0 Å². The number of methoxy groups -OCH3 is 1. The van der Waals surface area contributed by atoms with Crippen LogP contribution in [0.2, 0.25) is 0 Å². The normalized spacial score (nSPS) is 12.1. The molecule has 2 aromatic carbocycles. The highest BCUT2D eigenvalue weighted by molar-refractivity contribution is 9.09. The van der Waals surface area contributed by atoms with Crippen LogP contribution in [-0.4, -0.2) is 7.11 Å². The van der Waals surface area contributed by atoms with E-state index in [0.29, 0.717) is 0 Å². The van der Waals surface area contributed by atoms with Gasteiger partial charge in [0.25, 0.3) is 0 Å². The van der Waals surface area contributed by atoms with Crippen LogP contribution in [0, 0.1) is 0 Å². The Balaban J connectivity index is 2.30. The Labute approximate surface area is 104 Å². The lowest BCUT2D eigenvalue weighted by Gasteiger charge is -2.11. The molecular weight excluding hydrogens is 264 g/mol. The predicted octanol–water partition coefficient (Wildman–Crippen LogP) is 4.18. The van der Waals surface area contributed by atoms with Crippen LogP contribution in [-0.2, 0) is 0 Å². The molecule has 0 heterocycles. The fourth-order valence-electron chi connectivity index (χ4n) is 1.61. The van der Waals surface area contributed by atoms with Crippen molar-refractivity contribution in [3.05, 3.63) is 65.7 Å². The first-order chi connectivity index (χ1) is 7.81. The van der Waals surface area contributed by atoms with E-state index in [1.807, 2.05) is 36.4 Å². The molecule has 0 aliphatic heterocycles. The van der Waals surface area contributed by atoms with Gasteiger partial charge in [0, 0.05) is 0 Å². The summed E-state index contributed by atoms with van der Waals surface area (Å²) < 4.78 is 5.22. The van der Waals surface area contributed by atoms with Gasteiger partial charge in [-0.1, -0.05) is 58.4 Å². The fourth-order valence-corrected chi connectivity index (χ4v) is 2.20. The highest BCUT2D eigenvalue weighted by Crippen LogP contribution is 2.32. The standard InChI is InChI=1S/C14H13BrO/c1-16-13-9-5-8-12(10-13)14(15)11-6-3-2-4-7-11/h2-10,14H,1H3. The second-order valence-corrected chi connectivity index (χ2v) is 4.47. The summed E-state index contributed by atoms with van der Waals surface area (Å²) in [4.78, 5) is 0.212. The van der Waals surface area contributed by atoms with E-state index in [0.717, 1.165) is 5.75 Å². The summed E-state index contributed by atoms with van der Waals surface area (Å²) in [7, 11) is 1.69. The maximum Gasteiger partial charge on any atom is 0.119 e. The van der Waals surface area contributed by atoms with E-state index >= 15 is 0 Å². The molecule has 16 heavy (non-hydrogen) atoms. The highest BCUT2D eigenvalue weighted by Gasteiger charge is 2.09. The molecule has 2 aromatic rings. The summed E-state index contributed by atoms with van der Waals surface area (Å²) >= 11 is 3.70. The van der Waals surface area contributed by atoms with Gasteiger partial charge in [-0.05, 0) is 23.3 Å². The molecule has 0 fully saturated rings. The Morgan fingerprint density at radius 2 is 1.62 bits per heavy atom. The molecule has 0 aromatic heterocycles. The van der Waals surface area contributed by atoms with E-state index in [1.54, 1.807) is 7.11 Å². The van der Waals surface area contributed by atoms with E-state index in [-0.39, 0.29) is 4.83 Å². The number of hydrogen-bond acceptors (Lipinski definition) is 1. The summed E-state index contributed by atoms with van der Waals surface area (Å²) in [5.74, 6) is 0.887. The number of benzene rings is 2. The number of halogens is 1. The first kappa shape index (κ1) is 11.2. The van der Waals surface area contributed by atoms with E-state index in [2.05, 4.69) is 34.1 Å². The molecule has 1 atom stereocenters. The Bertz CT molecular complexity index is 453. The Morgan fingerprint density at radius 3 is 2.31 bits per heavy atom. The van der Waals surface area contributed by atoms with Crippen molar-refractivity contribution in [1.82, 2.24) is 0 Å². The quantitative estimate of drug-likeness (QED) is 0.765. The van der Waals surface area contributed by atoms with E-state index in [1.165, 1.54) is 11.1 Å². The maximum atomic E-state index is 5.22. The third-order valence-electron chi connectivity index (χ3n) is 2.48. The smallest absolute Gasteiger partial charge is 0.119 e. The molecule has 2 heteroatoms. The van der Waals surface area contributed by atoms with Crippen LogP contribution in [0.25, 0.3) is 0 Å². The fraction of sp³-hybridized carbons (Fsp3) is 0.143. The van der Waals surface area contributed by atoms with Gasteiger partial charge in [-0.3, -0.25) is 0 Å². The van der Waals surface area contributed by atoms with Gasteiger partial charge in [0.1, 0.15) is 5.75 Å². The molecule has 0 bridgehead atoms. The van der Waals surface area contributed by atoms with Crippen LogP contribution in [0.3, 0.4) is 0 Å². The molecule has 0 spiro atoms. The third-order valence-corrected chi connectivity index (χ3v) is 3.54. The van der Waals surface area contributed by atoms with Crippen LogP contribution in [0.4, 0.5) is 0 Å². The van der Waals surface area contributed by atoms with Crippen molar-refractivity contribution in [3.63, 3.8) is 0 Å². The zero-order valence-corrected chi connectivity index (χ0v) is 10.6. The average Bonchev–Trinajstić information content (AvgIpc) is 2.39. The molecule has 0 N–H and O–H groups in total. The lowest BCUT2D eigenvalue weighted by Crippen LogP contribution is -1.93. The number of hydrogen-bond donors (Lipinski definition) is 0. The average molecular weight is 277 g/mol. The van der Waals surface area contributed by atoms with Gasteiger partial charge in [-0.15, -0.1) is 0 Å². The van der Waals surface area contributed by atoms with Gasteiger partial charge in [0.15, 0.2) is 0 Å². The molecule has 2 rings (SSSR count). The second kappa shape index (κ2) is 5.17. The van der Waals surface area contributed by atoms with E-state index in [4.69, 9.17) is 4.74 Å². The molecule has 0 saturated heterocycles. The van der Waals surface area contributed by atoms with E-state index in [9.17, 15) is 0 Å². The lowest BCUT2D eigenvalue weighted by molar-refractivity contribution is 0.414. The molecule has 0 amide bonds. The third kappa shape index (κ3) is 2.45. The number of ether oxygens (including phenoxy) is 1. The zero-order valence-electron chi connectivity index (χ0n) is 9.06. The van der Waals surface area contributed by atoms with Crippen LogP contribution < -0.4 is 4.74 Å². The lowest BCUT2D eigenvalue weighted by atomic mass is 10.0. The molecule has 82 valence electrons. The molecule has 0 aliphatic rings. The van der Waals surface area contributed by atoms with Crippen molar-refractivity contribution in [2.75, 3.05) is 7.11 Å². The van der Waals surface area contributed by atoms with Crippen LogP contribution in [0.1, 0.15) is 16.0 Å². The molecule has 0 radical (unpaired) electrons. The van der Waals surface area contributed by atoms with Crippen molar-refractivity contribution < 1.29 is 4.74 Å².